The highest BCUT2D eigenvalue weighted by atomic mass is 15.1. The zero-order valence-electron chi connectivity index (χ0n) is 19.3. The fourth-order valence-electron chi connectivity index (χ4n) is 5.34. The van der Waals surface area contributed by atoms with Crippen LogP contribution in [0.3, 0.4) is 0 Å². The summed E-state index contributed by atoms with van der Waals surface area (Å²) in [5.74, 6) is 2.09. The third-order valence-corrected chi connectivity index (χ3v) is 7.42. The molecule has 0 spiro atoms. The van der Waals surface area contributed by atoms with E-state index in [1.54, 1.807) is 6.20 Å². The first-order chi connectivity index (χ1) is 16.1. The van der Waals surface area contributed by atoms with Gasteiger partial charge in [-0.15, -0.1) is 0 Å². The summed E-state index contributed by atoms with van der Waals surface area (Å²) in [4.78, 5) is 17.0. The average Bonchev–Trinajstić information content (AvgIpc) is 3.18. The second-order valence-corrected chi connectivity index (χ2v) is 9.70. The summed E-state index contributed by atoms with van der Waals surface area (Å²) in [6.45, 7) is 0. The highest BCUT2D eigenvalue weighted by Crippen LogP contribution is 2.41. The predicted octanol–water partition coefficient (Wildman–Crippen LogP) is 4.49. The predicted molar refractivity (Wildman–Crippen MR) is 134 cm³/mol. The van der Waals surface area contributed by atoms with E-state index in [0.717, 1.165) is 54.9 Å². The molecule has 1 saturated carbocycles. The first-order valence-corrected chi connectivity index (χ1v) is 11.9. The van der Waals surface area contributed by atoms with Crippen molar-refractivity contribution in [2.24, 2.45) is 4.99 Å². The number of nitrogen functional groups attached to an aromatic ring is 1. The molecule has 0 aromatic carbocycles. The fourth-order valence-corrected chi connectivity index (χ4v) is 5.34. The Morgan fingerprint density at radius 3 is 2.76 bits per heavy atom. The van der Waals surface area contributed by atoms with Crippen molar-refractivity contribution >= 4 is 22.6 Å². The minimum Gasteiger partial charge on any atom is -0.382 e. The lowest BCUT2D eigenvalue weighted by Crippen LogP contribution is -2.39. The van der Waals surface area contributed by atoms with E-state index in [4.69, 9.17) is 15.7 Å². The number of nitrogens with zero attached hydrogens (tertiary/aromatic N) is 5. The quantitative estimate of drug-likeness (QED) is 0.764. The standard InChI is InChI=1S/C27H30N6/c1-32(2)21-14-20(15-21)27-31-24(25-26(28)29-12-13-33(25)27)19-9-8-18-10-11-22(30-23(18)16-19)17-6-4-3-5-7-17/h4,6-13,20-21,23H,3,5,14-16H2,1-2H3,(H2,28,29). The van der Waals surface area contributed by atoms with Gasteiger partial charge in [-0.3, -0.25) is 9.39 Å². The minimum absolute atomic E-state index is 0.112. The van der Waals surface area contributed by atoms with Gasteiger partial charge in [0.05, 0.1) is 17.4 Å². The second kappa shape index (κ2) is 7.96. The van der Waals surface area contributed by atoms with Crippen LogP contribution in [0.15, 0.2) is 71.1 Å². The summed E-state index contributed by atoms with van der Waals surface area (Å²) in [6.07, 6.45) is 24.5. The number of imidazole rings is 1. The molecule has 2 aromatic heterocycles. The van der Waals surface area contributed by atoms with Crippen LogP contribution in [-0.4, -0.2) is 51.2 Å². The number of dihydropyridines is 1. The molecule has 0 amide bonds. The zero-order chi connectivity index (χ0) is 22.5. The average molecular weight is 439 g/mol. The van der Waals surface area contributed by atoms with Gasteiger partial charge in [-0.25, -0.2) is 9.97 Å². The van der Waals surface area contributed by atoms with E-state index in [1.165, 1.54) is 16.7 Å². The van der Waals surface area contributed by atoms with Gasteiger partial charge in [-0.2, -0.15) is 0 Å². The van der Waals surface area contributed by atoms with Gasteiger partial charge in [-0.1, -0.05) is 36.5 Å². The normalized spacial score (nSPS) is 26.5. The number of hydrogen-bond donors (Lipinski definition) is 1. The maximum absolute atomic E-state index is 6.39. The molecule has 0 saturated heterocycles. The van der Waals surface area contributed by atoms with Gasteiger partial charge in [0.2, 0.25) is 0 Å². The van der Waals surface area contributed by atoms with Crippen molar-refractivity contribution in [1.82, 2.24) is 19.3 Å². The van der Waals surface area contributed by atoms with Gasteiger partial charge in [-0.05, 0) is 62.6 Å². The molecule has 1 aliphatic heterocycles. The van der Waals surface area contributed by atoms with Crippen LogP contribution in [-0.2, 0) is 0 Å². The molecule has 0 radical (unpaired) electrons. The Kier molecular flexibility index (Phi) is 4.91. The van der Waals surface area contributed by atoms with E-state index >= 15 is 0 Å². The molecule has 6 rings (SSSR count). The van der Waals surface area contributed by atoms with Gasteiger partial charge >= 0.3 is 0 Å². The molecule has 33 heavy (non-hydrogen) atoms. The molecular formula is C27H30N6. The van der Waals surface area contributed by atoms with Crippen molar-refractivity contribution in [3.63, 3.8) is 0 Å². The van der Waals surface area contributed by atoms with Gasteiger partial charge in [0.25, 0.3) is 0 Å². The molecule has 1 atom stereocenters. The molecule has 6 heteroatoms. The summed E-state index contributed by atoms with van der Waals surface area (Å²) < 4.78 is 2.17. The smallest absolute Gasteiger partial charge is 0.150 e. The number of fused-ring (bicyclic) bond motifs is 2. The molecule has 168 valence electrons. The summed E-state index contributed by atoms with van der Waals surface area (Å²) in [5.41, 5.74) is 13.0. The van der Waals surface area contributed by atoms with Crippen molar-refractivity contribution in [3.05, 3.63) is 77.6 Å². The van der Waals surface area contributed by atoms with E-state index in [0.29, 0.717) is 17.8 Å². The van der Waals surface area contributed by atoms with E-state index in [2.05, 4.69) is 70.9 Å². The minimum atomic E-state index is 0.112. The molecule has 3 heterocycles. The van der Waals surface area contributed by atoms with Crippen molar-refractivity contribution in [1.29, 1.82) is 0 Å². The third kappa shape index (κ3) is 3.49. The van der Waals surface area contributed by atoms with Crippen LogP contribution in [0.1, 0.15) is 49.5 Å². The summed E-state index contributed by atoms with van der Waals surface area (Å²) in [7, 11) is 4.31. The maximum atomic E-state index is 6.39. The van der Waals surface area contributed by atoms with E-state index in [1.807, 2.05) is 6.20 Å². The zero-order valence-corrected chi connectivity index (χ0v) is 19.3. The number of rotatable bonds is 4. The number of aromatic nitrogens is 3. The number of nitrogens with two attached hydrogens (primary N) is 1. The van der Waals surface area contributed by atoms with Gasteiger partial charge in [0.1, 0.15) is 17.2 Å². The van der Waals surface area contributed by atoms with Crippen LogP contribution in [0.25, 0.3) is 11.1 Å². The Balaban J connectivity index is 1.35. The molecule has 6 nitrogen and oxygen atoms in total. The first kappa shape index (κ1) is 20.4. The van der Waals surface area contributed by atoms with E-state index in [9.17, 15) is 0 Å². The van der Waals surface area contributed by atoms with Gasteiger partial charge in [0, 0.05) is 30.8 Å². The molecule has 1 unspecified atom stereocenters. The molecule has 4 aliphatic rings. The van der Waals surface area contributed by atoms with Crippen LogP contribution < -0.4 is 5.73 Å². The Labute approximate surface area is 194 Å². The van der Waals surface area contributed by atoms with Crippen molar-refractivity contribution < 1.29 is 0 Å². The van der Waals surface area contributed by atoms with Crippen LogP contribution in [0, 0.1) is 0 Å². The SMILES string of the molecule is CN(C)C1CC(c2nc(C3=CC=C4C=CC(C5=CCCC=C5)=NC4C3)c3c(N)nccn23)C1. The highest BCUT2D eigenvalue weighted by Gasteiger charge is 2.36. The molecule has 0 bridgehead atoms. The largest absolute Gasteiger partial charge is 0.382 e. The summed E-state index contributed by atoms with van der Waals surface area (Å²) in [5, 5.41) is 0. The summed E-state index contributed by atoms with van der Waals surface area (Å²) >= 11 is 0. The van der Waals surface area contributed by atoms with E-state index < -0.39 is 0 Å². The topological polar surface area (TPSA) is 71.8 Å². The van der Waals surface area contributed by atoms with Crippen molar-refractivity contribution in [2.45, 2.75) is 50.1 Å². The lowest BCUT2D eigenvalue weighted by Gasteiger charge is -2.38. The van der Waals surface area contributed by atoms with Crippen molar-refractivity contribution in [3.8, 4) is 0 Å². The fraction of sp³-hybridized carbons (Fsp3) is 0.370. The molecule has 2 aromatic rings. The second-order valence-electron chi connectivity index (χ2n) is 9.70. The maximum Gasteiger partial charge on any atom is 0.150 e. The molecule has 2 N–H and O–H groups in total. The number of allylic oxidation sites excluding steroid dienone is 7. The van der Waals surface area contributed by atoms with Crippen LogP contribution in [0.2, 0.25) is 0 Å². The van der Waals surface area contributed by atoms with Gasteiger partial charge < -0.3 is 10.6 Å². The number of hydrogen-bond acceptors (Lipinski definition) is 5. The Morgan fingerprint density at radius 2 is 1.97 bits per heavy atom. The monoisotopic (exact) mass is 438 g/mol. The number of aliphatic imine (C=N–C) groups is 1. The lowest BCUT2D eigenvalue weighted by molar-refractivity contribution is 0.161. The Morgan fingerprint density at radius 1 is 1.09 bits per heavy atom. The Hall–Kier alpha value is -3.25. The van der Waals surface area contributed by atoms with Crippen LogP contribution in [0.5, 0.6) is 0 Å². The molecule has 1 fully saturated rings. The first-order valence-electron chi connectivity index (χ1n) is 11.9. The molecule has 3 aliphatic carbocycles. The van der Waals surface area contributed by atoms with Crippen LogP contribution >= 0.6 is 0 Å². The third-order valence-electron chi connectivity index (χ3n) is 7.42. The Bertz CT molecular complexity index is 1290. The number of anilines is 1. The molecular weight excluding hydrogens is 408 g/mol. The lowest BCUT2D eigenvalue weighted by atomic mass is 9.79. The van der Waals surface area contributed by atoms with Crippen molar-refractivity contribution in [2.75, 3.05) is 19.8 Å². The van der Waals surface area contributed by atoms with E-state index in [-0.39, 0.29) is 6.04 Å². The van der Waals surface area contributed by atoms with Crippen LogP contribution in [0.4, 0.5) is 5.82 Å². The summed E-state index contributed by atoms with van der Waals surface area (Å²) in [6, 6.07) is 0.732. The highest BCUT2D eigenvalue weighted by molar-refractivity contribution is 6.11. The van der Waals surface area contributed by atoms with Gasteiger partial charge in [0.15, 0.2) is 0 Å².